The van der Waals surface area contributed by atoms with Crippen LogP contribution in [0.4, 0.5) is 4.39 Å². The van der Waals surface area contributed by atoms with Crippen molar-refractivity contribution in [2.45, 2.75) is 13.3 Å². The molecule has 2 nitrogen and oxygen atoms in total. The molecule has 0 heterocycles. The number of benzene rings is 1. The summed E-state index contributed by atoms with van der Waals surface area (Å²) in [5.74, 6) is 0.0220. The van der Waals surface area contributed by atoms with E-state index in [1.165, 1.54) is 6.07 Å². The number of rotatable bonds is 6. The molecular weight excluding hydrogens is 181 g/mol. The van der Waals surface area contributed by atoms with Crippen LogP contribution in [0.5, 0.6) is 5.75 Å². The molecule has 0 radical (unpaired) electrons. The van der Waals surface area contributed by atoms with Crippen molar-refractivity contribution in [3.05, 3.63) is 30.1 Å². The zero-order valence-corrected chi connectivity index (χ0v) is 8.42. The molecule has 0 atom stereocenters. The topological polar surface area (TPSA) is 21.3 Å². The summed E-state index contributed by atoms with van der Waals surface area (Å²) in [6.45, 7) is 4.33. The van der Waals surface area contributed by atoms with Gasteiger partial charge in [0, 0.05) is 6.54 Å². The molecular formula is C11H16FNO. The molecule has 0 saturated carbocycles. The van der Waals surface area contributed by atoms with Gasteiger partial charge in [-0.2, -0.15) is 0 Å². The monoisotopic (exact) mass is 197 g/mol. The second kappa shape index (κ2) is 6.38. The predicted octanol–water partition coefficient (Wildman–Crippen LogP) is 2.20. The molecule has 0 aliphatic carbocycles. The Balaban J connectivity index is 2.21. The first kappa shape index (κ1) is 11.0. The van der Waals surface area contributed by atoms with Gasteiger partial charge in [-0.25, -0.2) is 4.39 Å². The van der Waals surface area contributed by atoms with E-state index in [9.17, 15) is 4.39 Å². The third kappa shape index (κ3) is 3.75. The van der Waals surface area contributed by atoms with Crippen molar-refractivity contribution in [2.24, 2.45) is 0 Å². The van der Waals surface area contributed by atoms with E-state index in [1.807, 2.05) is 0 Å². The summed E-state index contributed by atoms with van der Waals surface area (Å²) in [6.07, 6.45) is 1.10. The highest BCUT2D eigenvalue weighted by atomic mass is 19.1. The highest BCUT2D eigenvalue weighted by Crippen LogP contribution is 2.14. The highest BCUT2D eigenvalue weighted by molar-refractivity contribution is 5.23. The van der Waals surface area contributed by atoms with E-state index in [-0.39, 0.29) is 5.82 Å². The summed E-state index contributed by atoms with van der Waals surface area (Å²) in [4.78, 5) is 0. The zero-order valence-electron chi connectivity index (χ0n) is 8.42. The van der Waals surface area contributed by atoms with Gasteiger partial charge in [0.1, 0.15) is 6.61 Å². The van der Waals surface area contributed by atoms with E-state index in [0.717, 1.165) is 19.5 Å². The Morgan fingerprint density at radius 3 is 2.79 bits per heavy atom. The van der Waals surface area contributed by atoms with Crippen LogP contribution < -0.4 is 10.1 Å². The minimum atomic E-state index is -0.303. The van der Waals surface area contributed by atoms with Crippen molar-refractivity contribution in [1.29, 1.82) is 0 Å². The standard InChI is InChI=1S/C11H16FNO/c1-2-7-13-8-9-14-11-6-4-3-5-10(11)12/h3-6,13H,2,7-9H2,1H3. The zero-order chi connectivity index (χ0) is 10.2. The Bertz CT molecular complexity index is 265. The Kier molecular flexibility index (Phi) is 5.00. The van der Waals surface area contributed by atoms with E-state index < -0.39 is 0 Å². The van der Waals surface area contributed by atoms with E-state index in [1.54, 1.807) is 18.2 Å². The van der Waals surface area contributed by atoms with Crippen LogP contribution in [-0.2, 0) is 0 Å². The van der Waals surface area contributed by atoms with Gasteiger partial charge in [0.2, 0.25) is 0 Å². The van der Waals surface area contributed by atoms with Gasteiger partial charge in [-0.05, 0) is 25.1 Å². The number of nitrogens with one attached hydrogen (secondary N) is 1. The van der Waals surface area contributed by atoms with Gasteiger partial charge in [0.05, 0.1) is 0 Å². The normalized spacial score (nSPS) is 10.1. The first-order valence-electron chi connectivity index (χ1n) is 4.92. The highest BCUT2D eigenvalue weighted by Gasteiger charge is 1.99. The Morgan fingerprint density at radius 2 is 2.07 bits per heavy atom. The lowest BCUT2D eigenvalue weighted by Crippen LogP contribution is -2.21. The number of para-hydroxylation sites is 1. The quantitative estimate of drug-likeness (QED) is 0.706. The Labute approximate surface area is 84.1 Å². The van der Waals surface area contributed by atoms with Crippen LogP contribution in [0.3, 0.4) is 0 Å². The Hall–Kier alpha value is -1.09. The van der Waals surface area contributed by atoms with Gasteiger partial charge in [-0.1, -0.05) is 19.1 Å². The van der Waals surface area contributed by atoms with Gasteiger partial charge in [-0.15, -0.1) is 0 Å². The molecule has 0 unspecified atom stereocenters. The van der Waals surface area contributed by atoms with Crippen molar-refractivity contribution in [2.75, 3.05) is 19.7 Å². The molecule has 0 aliphatic heterocycles. The van der Waals surface area contributed by atoms with Crippen molar-refractivity contribution in [3.63, 3.8) is 0 Å². The smallest absolute Gasteiger partial charge is 0.165 e. The molecule has 1 aromatic carbocycles. The maximum absolute atomic E-state index is 13.0. The van der Waals surface area contributed by atoms with Crippen LogP contribution >= 0.6 is 0 Å². The molecule has 0 bridgehead atoms. The van der Waals surface area contributed by atoms with Gasteiger partial charge in [0.15, 0.2) is 11.6 Å². The van der Waals surface area contributed by atoms with E-state index in [2.05, 4.69) is 12.2 Å². The molecule has 78 valence electrons. The lowest BCUT2D eigenvalue weighted by Gasteiger charge is -2.07. The fraction of sp³-hybridized carbons (Fsp3) is 0.455. The number of ether oxygens (including phenoxy) is 1. The molecule has 1 aromatic rings. The molecule has 1 N–H and O–H groups in total. The average molecular weight is 197 g/mol. The SMILES string of the molecule is CCCNCCOc1ccccc1F. The van der Waals surface area contributed by atoms with Crippen LogP contribution in [0.15, 0.2) is 24.3 Å². The predicted molar refractivity (Wildman–Crippen MR) is 55.1 cm³/mol. The first-order chi connectivity index (χ1) is 6.84. The maximum atomic E-state index is 13.0. The van der Waals surface area contributed by atoms with Gasteiger partial charge in [-0.3, -0.25) is 0 Å². The maximum Gasteiger partial charge on any atom is 0.165 e. The lowest BCUT2D eigenvalue weighted by atomic mass is 10.3. The van der Waals surface area contributed by atoms with Crippen LogP contribution in [0, 0.1) is 5.82 Å². The second-order valence-corrected chi connectivity index (χ2v) is 3.03. The van der Waals surface area contributed by atoms with E-state index >= 15 is 0 Å². The van der Waals surface area contributed by atoms with Crippen LogP contribution in [-0.4, -0.2) is 19.7 Å². The minimum Gasteiger partial charge on any atom is -0.489 e. The molecule has 0 fully saturated rings. The Morgan fingerprint density at radius 1 is 1.29 bits per heavy atom. The summed E-state index contributed by atoms with van der Waals surface area (Å²) in [6, 6.07) is 6.44. The largest absolute Gasteiger partial charge is 0.489 e. The molecule has 0 aliphatic rings. The molecule has 14 heavy (non-hydrogen) atoms. The average Bonchev–Trinajstić information content (AvgIpc) is 2.20. The molecule has 1 rings (SSSR count). The van der Waals surface area contributed by atoms with E-state index in [4.69, 9.17) is 4.74 Å². The van der Waals surface area contributed by atoms with Gasteiger partial charge >= 0.3 is 0 Å². The molecule has 0 aromatic heterocycles. The summed E-state index contributed by atoms with van der Waals surface area (Å²) in [5.41, 5.74) is 0. The van der Waals surface area contributed by atoms with Gasteiger partial charge < -0.3 is 10.1 Å². The fourth-order valence-corrected chi connectivity index (χ4v) is 1.10. The summed E-state index contributed by atoms with van der Waals surface area (Å²) in [5, 5.41) is 3.18. The van der Waals surface area contributed by atoms with Crippen molar-refractivity contribution in [3.8, 4) is 5.75 Å². The third-order valence-corrected chi connectivity index (χ3v) is 1.80. The summed E-state index contributed by atoms with van der Waals surface area (Å²) in [7, 11) is 0. The van der Waals surface area contributed by atoms with Gasteiger partial charge in [0.25, 0.3) is 0 Å². The molecule has 3 heteroatoms. The van der Waals surface area contributed by atoms with Crippen LogP contribution in [0.1, 0.15) is 13.3 Å². The second-order valence-electron chi connectivity index (χ2n) is 3.03. The summed E-state index contributed by atoms with van der Waals surface area (Å²) >= 11 is 0. The first-order valence-corrected chi connectivity index (χ1v) is 4.92. The number of halogens is 1. The molecule has 0 amide bonds. The van der Waals surface area contributed by atoms with E-state index in [0.29, 0.717) is 12.4 Å². The third-order valence-electron chi connectivity index (χ3n) is 1.80. The molecule has 0 saturated heterocycles. The fourth-order valence-electron chi connectivity index (χ4n) is 1.10. The lowest BCUT2D eigenvalue weighted by molar-refractivity contribution is 0.299. The van der Waals surface area contributed by atoms with Crippen molar-refractivity contribution < 1.29 is 9.13 Å². The van der Waals surface area contributed by atoms with Crippen molar-refractivity contribution in [1.82, 2.24) is 5.32 Å². The molecule has 0 spiro atoms. The minimum absolute atomic E-state index is 0.303. The van der Waals surface area contributed by atoms with Crippen LogP contribution in [0.25, 0.3) is 0 Å². The number of hydrogen-bond acceptors (Lipinski definition) is 2. The summed E-state index contributed by atoms with van der Waals surface area (Å²) < 4.78 is 18.3. The number of hydrogen-bond donors (Lipinski definition) is 1. The van der Waals surface area contributed by atoms with Crippen LogP contribution in [0.2, 0.25) is 0 Å². The van der Waals surface area contributed by atoms with Crippen molar-refractivity contribution >= 4 is 0 Å².